The first kappa shape index (κ1) is 22.9. The van der Waals surface area contributed by atoms with Gasteiger partial charge in [-0.1, -0.05) is 20.8 Å². The van der Waals surface area contributed by atoms with Crippen LogP contribution in [0.25, 0.3) is 0 Å². The minimum Gasteiger partial charge on any atom is -0.433 e. The summed E-state index contributed by atoms with van der Waals surface area (Å²) < 4.78 is 69.6. The Morgan fingerprint density at radius 3 is 2.21 bits per heavy atom. The summed E-state index contributed by atoms with van der Waals surface area (Å²) in [6.45, 7) is 5.09. The van der Waals surface area contributed by atoms with Gasteiger partial charge in [0.2, 0.25) is 21.4 Å². The summed E-state index contributed by atoms with van der Waals surface area (Å²) in [5.41, 5.74) is -0.505. The summed E-state index contributed by atoms with van der Waals surface area (Å²) in [7, 11) is -4.20. The fourth-order valence-corrected chi connectivity index (χ4v) is 2.76. The Bertz CT molecular complexity index is 1020. The van der Waals surface area contributed by atoms with Crippen LogP contribution >= 0.6 is 0 Å². The number of sulfone groups is 1. The number of nitrogens with zero attached hydrogens (tertiary/aromatic N) is 4. The van der Waals surface area contributed by atoms with Gasteiger partial charge < -0.3 is 8.83 Å². The molecular weight excluding hydrogens is 401 g/mol. The Morgan fingerprint density at radius 1 is 1.21 bits per heavy atom. The molecule has 0 fully saturated rings. The van der Waals surface area contributed by atoms with Crippen molar-refractivity contribution in [2.75, 3.05) is 5.75 Å². The van der Waals surface area contributed by atoms with E-state index in [2.05, 4.69) is 14.4 Å². The highest BCUT2D eigenvalue weighted by Gasteiger charge is 2.30. The number of hydrogen-bond acceptors (Lipinski definition) is 8. The fourth-order valence-electron chi connectivity index (χ4n) is 1.69. The van der Waals surface area contributed by atoms with Gasteiger partial charge in [0.15, 0.2) is 12.2 Å². The van der Waals surface area contributed by atoms with Gasteiger partial charge in [0.1, 0.15) is 17.8 Å². The summed E-state index contributed by atoms with van der Waals surface area (Å²) in [5, 5.41) is 16.2. The van der Waals surface area contributed by atoms with E-state index < -0.39 is 44.6 Å². The number of allylic oxidation sites excluding steroid dienone is 1. The molecule has 2 rings (SSSR count). The van der Waals surface area contributed by atoms with E-state index in [1.807, 2.05) is 0 Å². The van der Waals surface area contributed by atoms with Crippen molar-refractivity contribution in [3.63, 3.8) is 0 Å². The molecule has 0 unspecified atom stereocenters. The Kier molecular flexibility index (Phi) is 7.52. The number of hydrogen-bond donors (Lipinski definition) is 0. The lowest BCUT2D eigenvalue weighted by Gasteiger charge is -2.13. The predicted molar refractivity (Wildman–Crippen MR) is 88.2 cm³/mol. The lowest BCUT2D eigenvalue weighted by atomic mass is 9.91. The van der Waals surface area contributed by atoms with E-state index in [1.54, 1.807) is 32.9 Å². The van der Waals surface area contributed by atoms with Gasteiger partial charge in [-0.05, 0) is 0 Å². The SMILES string of the molecule is CC(C)(C)c1nc(S(=O)(=O)CCC(F)=C(F)F)oc1C#N.N#Cc1cnco1. The van der Waals surface area contributed by atoms with Crippen LogP contribution in [0.3, 0.4) is 0 Å². The third-order valence-electron chi connectivity index (χ3n) is 3.02. The normalized spacial score (nSPS) is 11.0. The summed E-state index contributed by atoms with van der Waals surface area (Å²) in [6.07, 6.45) is -0.969. The molecule has 0 N–H and O–H groups in total. The molecule has 0 spiro atoms. The van der Waals surface area contributed by atoms with E-state index in [0.717, 1.165) is 0 Å². The summed E-state index contributed by atoms with van der Waals surface area (Å²) in [4.78, 5) is 7.25. The molecule has 2 heterocycles. The average molecular weight is 416 g/mol. The number of nitriles is 2. The molecule has 150 valence electrons. The zero-order chi connectivity index (χ0) is 21.5. The van der Waals surface area contributed by atoms with E-state index in [1.165, 1.54) is 12.6 Å². The largest absolute Gasteiger partial charge is 0.433 e. The highest BCUT2D eigenvalue weighted by atomic mass is 32.2. The zero-order valence-corrected chi connectivity index (χ0v) is 15.8. The van der Waals surface area contributed by atoms with Gasteiger partial charge in [-0.2, -0.15) is 19.3 Å². The molecule has 0 amide bonds. The minimum atomic E-state index is -4.20. The lowest BCUT2D eigenvalue weighted by Crippen LogP contribution is -2.14. The molecular formula is C16H15F3N4O4S. The van der Waals surface area contributed by atoms with E-state index in [0.29, 0.717) is 0 Å². The third-order valence-corrected chi connectivity index (χ3v) is 4.47. The highest BCUT2D eigenvalue weighted by molar-refractivity contribution is 7.91. The van der Waals surface area contributed by atoms with E-state index in [9.17, 15) is 21.6 Å². The van der Waals surface area contributed by atoms with Gasteiger partial charge in [-0.15, -0.1) is 0 Å². The number of oxazole rings is 2. The number of aromatic nitrogens is 2. The quantitative estimate of drug-likeness (QED) is 0.737. The van der Waals surface area contributed by atoms with Crippen LogP contribution in [0.4, 0.5) is 13.2 Å². The van der Waals surface area contributed by atoms with Gasteiger partial charge in [0.25, 0.3) is 0 Å². The molecule has 0 aliphatic carbocycles. The molecule has 0 saturated carbocycles. The Balaban J connectivity index is 0.000000467. The van der Waals surface area contributed by atoms with Crippen molar-refractivity contribution in [2.45, 2.75) is 37.8 Å². The molecule has 2 aromatic heterocycles. The maximum atomic E-state index is 12.7. The van der Waals surface area contributed by atoms with E-state index >= 15 is 0 Å². The molecule has 28 heavy (non-hydrogen) atoms. The van der Waals surface area contributed by atoms with Crippen molar-refractivity contribution >= 4 is 9.84 Å². The van der Waals surface area contributed by atoms with Gasteiger partial charge in [0.05, 0.1) is 11.9 Å². The second-order valence-electron chi connectivity index (χ2n) is 6.23. The number of rotatable bonds is 4. The second-order valence-corrected chi connectivity index (χ2v) is 8.22. The molecule has 0 aliphatic heterocycles. The Morgan fingerprint density at radius 2 is 1.86 bits per heavy atom. The molecule has 8 nitrogen and oxygen atoms in total. The molecule has 0 aromatic carbocycles. The second kappa shape index (κ2) is 9.19. The first-order valence-corrected chi connectivity index (χ1v) is 9.20. The Hall–Kier alpha value is -3.12. The summed E-state index contributed by atoms with van der Waals surface area (Å²) in [5.74, 6) is -2.75. The van der Waals surface area contributed by atoms with Gasteiger partial charge in [-0.3, -0.25) is 0 Å². The van der Waals surface area contributed by atoms with Crippen molar-refractivity contribution in [2.24, 2.45) is 0 Å². The molecule has 2 aromatic rings. The van der Waals surface area contributed by atoms with Crippen molar-refractivity contribution in [1.82, 2.24) is 9.97 Å². The summed E-state index contributed by atoms with van der Waals surface area (Å²) >= 11 is 0. The van der Waals surface area contributed by atoms with E-state index in [-0.39, 0.29) is 17.2 Å². The predicted octanol–water partition coefficient (Wildman–Crippen LogP) is 3.63. The number of halogens is 3. The van der Waals surface area contributed by atoms with Gasteiger partial charge in [-0.25, -0.2) is 22.8 Å². The standard InChI is InChI=1S/C12H13F3N2O3S.C4H2N2O/c1-12(2,3)9-8(6-16)20-11(17-9)21(18,19)5-4-7(13)10(14)15;5-1-4-2-6-3-7-4/h4-5H2,1-3H3;2-3H. The van der Waals surface area contributed by atoms with Crippen LogP contribution in [-0.2, 0) is 15.3 Å². The van der Waals surface area contributed by atoms with Crippen LogP contribution in [0.5, 0.6) is 0 Å². The van der Waals surface area contributed by atoms with Gasteiger partial charge >= 0.3 is 11.3 Å². The first-order valence-electron chi connectivity index (χ1n) is 7.54. The monoisotopic (exact) mass is 416 g/mol. The fraction of sp³-hybridized carbons (Fsp3) is 0.375. The first-order chi connectivity index (χ1) is 12.9. The van der Waals surface area contributed by atoms with Crippen LogP contribution < -0.4 is 0 Å². The zero-order valence-electron chi connectivity index (χ0n) is 15.0. The van der Waals surface area contributed by atoms with Gasteiger partial charge in [0, 0.05) is 11.8 Å². The molecule has 0 bridgehead atoms. The van der Waals surface area contributed by atoms with Crippen molar-refractivity contribution in [3.05, 3.63) is 41.7 Å². The molecule has 0 aliphatic rings. The molecule has 0 saturated heterocycles. The summed E-state index contributed by atoms with van der Waals surface area (Å²) in [6, 6.07) is 3.46. The molecule has 0 atom stereocenters. The van der Waals surface area contributed by atoms with Crippen molar-refractivity contribution in [3.8, 4) is 12.1 Å². The smallest absolute Gasteiger partial charge is 0.316 e. The highest BCUT2D eigenvalue weighted by Crippen LogP contribution is 2.28. The maximum absolute atomic E-state index is 12.7. The van der Waals surface area contributed by atoms with Crippen LogP contribution in [-0.4, -0.2) is 24.1 Å². The van der Waals surface area contributed by atoms with Crippen LogP contribution in [0.2, 0.25) is 0 Å². The third kappa shape index (κ3) is 6.25. The topological polar surface area (TPSA) is 134 Å². The maximum Gasteiger partial charge on any atom is 0.316 e. The van der Waals surface area contributed by atoms with Crippen LogP contribution in [0, 0.1) is 22.7 Å². The average Bonchev–Trinajstić information content (AvgIpc) is 3.28. The lowest BCUT2D eigenvalue weighted by molar-refractivity contribution is 0.372. The van der Waals surface area contributed by atoms with Crippen LogP contribution in [0.15, 0.2) is 38.6 Å². The van der Waals surface area contributed by atoms with Crippen molar-refractivity contribution in [1.29, 1.82) is 10.5 Å². The minimum absolute atomic E-state index is 0.135. The van der Waals surface area contributed by atoms with E-state index in [4.69, 9.17) is 14.9 Å². The van der Waals surface area contributed by atoms with Crippen molar-refractivity contribution < 1.29 is 30.4 Å². The Labute approximate surface area is 158 Å². The molecule has 0 radical (unpaired) electrons. The van der Waals surface area contributed by atoms with Crippen LogP contribution in [0.1, 0.15) is 44.4 Å². The molecule has 12 heteroatoms.